The molecule has 2 rings (SSSR count). The van der Waals surface area contributed by atoms with E-state index >= 15 is 0 Å². The van der Waals surface area contributed by atoms with Gasteiger partial charge in [-0.15, -0.1) is 0 Å². The highest BCUT2D eigenvalue weighted by molar-refractivity contribution is 8.78. The zero-order valence-corrected chi connectivity index (χ0v) is 11.6. The lowest BCUT2D eigenvalue weighted by molar-refractivity contribution is 0.415. The summed E-state index contributed by atoms with van der Waals surface area (Å²) in [5.41, 5.74) is 0.997. The van der Waals surface area contributed by atoms with Crippen molar-refractivity contribution >= 4 is 21.6 Å². The lowest BCUT2D eigenvalue weighted by Crippen LogP contribution is -1.81. The first-order valence-electron chi connectivity index (χ1n) is 5.42. The third kappa shape index (κ3) is 4.06. The van der Waals surface area contributed by atoms with Crippen LogP contribution >= 0.6 is 21.6 Å². The minimum Gasteiger partial charge on any atom is -0.497 e. The summed E-state index contributed by atoms with van der Waals surface area (Å²) < 4.78 is 5.10. The van der Waals surface area contributed by atoms with Gasteiger partial charge in [-0.25, -0.2) is 0 Å². The molecule has 3 heteroatoms. The molecule has 90 valence electrons. The Bertz CT molecular complexity index is 538. The van der Waals surface area contributed by atoms with Gasteiger partial charge in [-0.05, 0) is 63.2 Å². The van der Waals surface area contributed by atoms with Crippen LogP contribution in [0, 0.1) is 11.2 Å². The average Bonchev–Trinajstić information content (AvgIpc) is 2.45. The number of hydrogen-bond donors (Lipinski definition) is 0. The van der Waals surface area contributed by atoms with Gasteiger partial charge in [0.2, 0.25) is 0 Å². The third-order valence-electron chi connectivity index (χ3n) is 2.21. The van der Waals surface area contributed by atoms with E-state index in [4.69, 9.17) is 4.74 Å². The fourth-order valence-electron chi connectivity index (χ4n) is 1.30. The van der Waals surface area contributed by atoms with E-state index in [1.54, 1.807) is 17.9 Å². The molecule has 0 aromatic heterocycles. The van der Waals surface area contributed by atoms with Crippen molar-refractivity contribution in [3.8, 4) is 16.9 Å². The van der Waals surface area contributed by atoms with Crippen LogP contribution in [0.1, 0.15) is 5.56 Å². The fourth-order valence-corrected chi connectivity index (χ4v) is 2.74. The minimum atomic E-state index is 0.854. The van der Waals surface area contributed by atoms with Gasteiger partial charge in [0.05, 0.1) is 7.11 Å². The highest BCUT2D eigenvalue weighted by Gasteiger charge is 1.91. The SMILES string of the molecule is COc1ccc(C#CSSc2ccccc2)cc1. The summed E-state index contributed by atoms with van der Waals surface area (Å²) in [5.74, 6) is 3.96. The van der Waals surface area contributed by atoms with Gasteiger partial charge in [0.15, 0.2) is 0 Å². The summed E-state index contributed by atoms with van der Waals surface area (Å²) in [6, 6.07) is 18.0. The van der Waals surface area contributed by atoms with Gasteiger partial charge in [-0.1, -0.05) is 24.1 Å². The second kappa shape index (κ2) is 7.05. The highest BCUT2D eigenvalue weighted by Crippen LogP contribution is 2.29. The first-order valence-corrected chi connectivity index (χ1v) is 7.57. The van der Waals surface area contributed by atoms with Crippen LogP contribution in [0.15, 0.2) is 59.5 Å². The van der Waals surface area contributed by atoms with Crippen LogP contribution < -0.4 is 4.74 Å². The molecule has 0 spiro atoms. The highest BCUT2D eigenvalue weighted by atomic mass is 33.1. The molecule has 2 aromatic rings. The molecule has 0 radical (unpaired) electrons. The molecule has 0 bridgehead atoms. The molecule has 18 heavy (non-hydrogen) atoms. The number of hydrogen-bond acceptors (Lipinski definition) is 3. The molecule has 2 aromatic carbocycles. The first-order chi connectivity index (χ1) is 8.88. The van der Waals surface area contributed by atoms with Crippen molar-refractivity contribution in [1.29, 1.82) is 0 Å². The Balaban J connectivity index is 1.88. The molecule has 0 N–H and O–H groups in total. The van der Waals surface area contributed by atoms with E-state index in [-0.39, 0.29) is 0 Å². The van der Waals surface area contributed by atoms with Gasteiger partial charge >= 0.3 is 0 Å². The van der Waals surface area contributed by atoms with Gasteiger partial charge < -0.3 is 4.74 Å². The van der Waals surface area contributed by atoms with Gasteiger partial charge in [0.1, 0.15) is 5.75 Å². The Hall–Kier alpha value is -1.50. The largest absolute Gasteiger partial charge is 0.497 e. The van der Waals surface area contributed by atoms with Crippen LogP contribution in [0.2, 0.25) is 0 Å². The van der Waals surface area contributed by atoms with Crippen molar-refractivity contribution in [2.75, 3.05) is 7.11 Å². The number of rotatable bonds is 3. The summed E-state index contributed by atoms with van der Waals surface area (Å²) in [4.78, 5) is 1.21. The Morgan fingerprint density at radius 2 is 1.67 bits per heavy atom. The molecular formula is C15H12OS2. The van der Waals surface area contributed by atoms with Crippen molar-refractivity contribution in [1.82, 2.24) is 0 Å². The van der Waals surface area contributed by atoms with E-state index in [0.717, 1.165) is 11.3 Å². The zero-order chi connectivity index (χ0) is 12.6. The summed E-state index contributed by atoms with van der Waals surface area (Å²) >= 11 is 0. The number of benzene rings is 2. The van der Waals surface area contributed by atoms with Crippen LogP contribution in [0.3, 0.4) is 0 Å². The maximum atomic E-state index is 5.10. The molecule has 0 saturated carbocycles. The molecule has 0 amide bonds. The van der Waals surface area contributed by atoms with Gasteiger partial charge in [0.25, 0.3) is 0 Å². The normalized spacial score (nSPS) is 9.39. The van der Waals surface area contributed by atoms with E-state index in [2.05, 4.69) is 23.3 Å². The molecule has 0 fully saturated rings. The van der Waals surface area contributed by atoms with E-state index in [1.807, 2.05) is 42.5 Å². The van der Waals surface area contributed by atoms with Crippen LogP contribution in [0.25, 0.3) is 0 Å². The number of ether oxygens (including phenoxy) is 1. The van der Waals surface area contributed by atoms with Gasteiger partial charge in [-0.3, -0.25) is 0 Å². The predicted molar refractivity (Wildman–Crippen MR) is 79.8 cm³/mol. The van der Waals surface area contributed by atoms with Crippen LogP contribution in [0.5, 0.6) is 5.75 Å². The van der Waals surface area contributed by atoms with E-state index in [0.29, 0.717) is 0 Å². The van der Waals surface area contributed by atoms with Crippen LogP contribution in [0.4, 0.5) is 0 Å². The van der Waals surface area contributed by atoms with Crippen molar-refractivity contribution < 1.29 is 4.74 Å². The van der Waals surface area contributed by atoms with Gasteiger partial charge in [0, 0.05) is 10.5 Å². The standard InChI is InChI=1S/C15H12OS2/c1-16-14-9-7-13(8-10-14)11-12-17-18-15-5-3-2-4-6-15/h2-10H,1H3. The Kier molecular flexibility index (Phi) is 5.07. The number of methoxy groups -OCH3 is 1. The monoisotopic (exact) mass is 272 g/mol. The molecule has 0 atom stereocenters. The zero-order valence-electron chi connectivity index (χ0n) is 9.92. The molecule has 0 aliphatic carbocycles. The lowest BCUT2D eigenvalue weighted by atomic mass is 10.2. The molecule has 0 saturated heterocycles. The molecule has 0 aliphatic rings. The van der Waals surface area contributed by atoms with E-state index in [9.17, 15) is 0 Å². The summed E-state index contributed by atoms with van der Waals surface area (Å²) in [7, 11) is 4.86. The minimum absolute atomic E-state index is 0.854. The second-order valence-electron chi connectivity index (χ2n) is 3.44. The van der Waals surface area contributed by atoms with Gasteiger partial charge in [-0.2, -0.15) is 0 Å². The molecule has 0 unspecified atom stereocenters. The van der Waals surface area contributed by atoms with Crippen molar-refractivity contribution in [3.63, 3.8) is 0 Å². The Labute approximate surface area is 115 Å². The average molecular weight is 272 g/mol. The summed E-state index contributed by atoms with van der Waals surface area (Å²) in [6.07, 6.45) is 0. The van der Waals surface area contributed by atoms with E-state index < -0.39 is 0 Å². The maximum Gasteiger partial charge on any atom is 0.118 e. The summed E-state index contributed by atoms with van der Waals surface area (Å²) in [5, 5.41) is 3.08. The predicted octanol–water partition coefficient (Wildman–Crippen LogP) is 4.44. The molecule has 1 nitrogen and oxygen atoms in total. The Morgan fingerprint density at radius 1 is 0.944 bits per heavy atom. The van der Waals surface area contributed by atoms with Crippen molar-refractivity contribution in [3.05, 3.63) is 60.2 Å². The maximum absolute atomic E-state index is 5.10. The van der Waals surface area contributed by atoms with Crippen LogP contribution in [-0.2, 0) is 0 Å². The third-order valence-corrected chi connectivity index (χ3v) is 4.02. The molecule has 0 heterocycles. The smallest absolute Gasteiger partial charge is 0.118 e. The topological polar surface area (TPSA) is 9.23 Å². The fraction of sp³-hybridized carbons (Fsp3) is 0.0667. The van der Waals surface area contributed by atoms with E-state index in [1.165, 1.54) is 15.7 Å². The second-order valence-corrected chi connectivity index (χ2v) is 5.44. The quantitative estimate of drug-likeness (QED) is 0.603. The van der Waals surface area contributed by atoms with Crippen molar-refractivity contribution in [2.24, 2.45) is 0 Å². The van der Waals surface area contributed by atoms with Crippen LogP contribution in [-0.4, -0.2) is 7.11 Å². The summed E-state index contributed by atoms with van der Waals surface area (Å²) in [6.45, 7) is 0. The molecule has 0 aliphatic heterocycles. The molecular weight excluding hydrogens is 260 g/mol. The lowest BCUT2D eigenvalue weighted by Gasteiger charge is -1.97. The van der Waals surface area contributed by atoms with Crippen molar-refractivity contribution in [2.45, 2.75) is 4.90 Å². The Morgan fingerprint density at radius 3 is 2.33 bits per heavy atom. The first kappa shape index (κ1) is 12.9.